The Labute approximate surface area is 311 Å². The molecule has 1 saturated carbocycles. The zero-order valence-electron chi connectivity index (χ0n) is 30.3. The van der Waals surface area contributed by atoms with Crippen LogP contribution in [0.5, 0.6) is 0 Å². The van der Waals surface area contributed by atoms with Crippen molar-refractivity contribution in [3.63, 3.8) is 0 Å². The Morgan fingerprint density at radius 2 is 1.37 bits per heavy atom. The van der Waals surface area contributed by atoms with Gasteiger partial charge in [0.05, 0.1) is 11.4 Å². The highest BCUT2D eigenvalue weighted by atomic mass is 32.1. The van der Waals surface area contributed by atoms with Gasteiger partial charge in [0.1, 0.15) is 15.7 Å². The minimum absolute atomic E-state index is 0.126. The van der Waals surface area contributed by atoms with Gasteiger partial charge < -0.3 is 10.6 Å². The van der Waals surface area contributed by atoms with Gasteiger partial charge in [0.2, 0.25) is 0 Å². The minimum atomic E-state index is -0.295. The molecule has 2 atom stereocenters. The predicted molar refractivity (Wildman–Crippen MR) is 227 cm³/mol. The van der Waals surface area contributed by atoms with Crippen LogP contribution in [0.2, 0.25) is 0 Å². The van der Waals surface area contributed by atoms with Gasteiger partial charge in [-0.1, -0.05) is 133 Å². The van der Waals surface area contributed by atoms with E-state index < -0.39 is 0 Å². The van der Waals surface area contributed by atoms with Gasteiger partial charge in [-0.15, -0.1) is 12.6 Å². The van der Waals surface area contributed by atoms with E-state index in [2.05, 4.69) is 162 Å². The van der Waals surface area contributed by atoms with Crippen molar-refractivity contribution in [1.29, 1.82) is 0 Å². The Balaban J connectivity index is 1.53. The normalized spacial score (nSPS) is 22.7. The lowest BCUT2D eigenvalue weighted by Crippen LogP contribution is -2.55. The molecule has 3 aliphatic rings. The van der Waals surface area contributed by atoms with E-state index in [1.165, 1.54) is 74.0 Å². The van der Waals surface area contributed by atoms with Crippen molar-refractivity contribution >= 4 is 61.9 Å². The molecular weight excluding hydrogens is 634 g/mol. The molecule has 1 heterocycles. The molecule has 5 aromatic carbocycles. The van der Waals surface area contributed by atoms with E-state index in [1.54, 1.807) is 0 Å². The number of hydrogen-bond donors (Lipinski definition) is 2. The fraction of sp³-hybridized carbons (Fsp3) is 0.217. The van der Waals surface area contributed by atoms with Gasteiger partial charge in [0.15, 0.2) is 0 Å². The second kappa shape index (κ2) is 13.3. The molecule has 5 aromatic rings. The van der Waals surface area contributed by atoms with E-state index >= 15 is 0 Å². The van der Waals surface area contributed by atoms with Crippen molar-refractivity contribution < 1.29 is 0 Å². The van der Waals surface area contributed by atoms with Crippen molar-refractivity contribution in [2.45, 2.75) is 62.8 Å². The topological polar surface area (TPSA) is 29.3 Å². The van der Waals surface area contributed by atoms with E-state index in [1.807, 2.05) is 0 Å². The number of fused-ring (bicyclic) bond motifs is 4. The summed E-state index contributed by atoms with van der Waals surface area (Å²) in [4.78, 5) is 3.49. The smallest absolute Gasteiger partial charge is 0.142 e. The predicted octanol–water partition coefficient (Wildman–Crippen LogP) is 8.79. The standard InChI is InChI=1S/C46H46B2N2S/c1-45(24-11-12-25-46(45,2)49)39-20-13-19-34-37(39)29-41(35-18-9-10-21-43(35)51)50(40-23-22-33(47)28-36(40)31-16-7-4-8-17-31)42-27-32(26-38(34)44(42)48)30-14-5-3-6-15-30/h3-10,14-19,21-23,26-29,51H,11-13,20,24-25,47-49H2,1-2H3/b41-29-. The summed E-state index contributed by atoms with van der Waals surface area (Å²) < 4.78 is 0. The highest BCUT2D eigenvalue weighted by Crippen LogP contribution is 2.55. The van der Waals surface area contributed by atoms with E-state index in [4.69, 9.17) is 18.4 Å². The van der Waals surface area contributed by atoms with Crippen molar-refractivity contribution in [3.8, 4) is 22.3 Å². The third-order valence-electron chi connectivity index (χ3n) is 12.1. The first-order valence-corrected chi connectivity index (χ1v) is 19.0. The quantitative estimate of drug-likeness (QED) is 0.144. The molecule has 8 rings (SSSR count). The number of hydrogen-bond acceptors (Lipinski definition) is 3. The second-order valence-electron chi connectivity index (χ2n) is 15.3. The molecule has 2 N–H and O–H groups in total. The highest BCUT2D eigenvalue weighted by molar-refractivity contribution is 7.80. The Morgan fingerprint density at radius 3 is 2.10 bits per heavy atom. The molecule has 0 amide bonds. The van der Waals surface area contributed by atoms with Crippen LogP contribution in [0.4, 0.5) is 11.4 Å². The van der Waals surface area contributed by atoms with Crippen LogP contribution in [0.15, 0.2) is 143 Å². The zero-order chi connectivity index (χ0) is 35.3. The lowest BCUT2D eigenvalue weighted by atomic mass is 9.57. The van der Waals surface area contributed by atoms with Crippen molar-refractivity contribution in [2.75, 3.05) is 4.90 Å². The van der Waals surface area contributed by atoms with Gasteiger partial charge in [-0.25, -0.2) is 0 Å². The van der Waals surface area contributed by atoms with Crippen LogP contribution in [0.25, 0.3) is 33.5 Å². The average Bonchev–Trinajstić information content (AvgIpc) is 3.14. The third kappa shape index (κ3) is 5.85. The minimum Gasteiger partial charge on any atom is -0.325 e. The maximum atomic E-state index is 7.36. The van der Waals surface area contributed by atoms with E-state index in [-0.39, 0.29) is 11.0 Å². The first-order chi connectivity index (χ1) is 24.7. The molecule has 1 fully saturated rings. The van der Waals surface area contributed by atoms with E-state index in [9.17, 15) is 0 Å². The summed E-state index contributed by atoms with van der Waals surface area (Å²) in [5, 5.41) is 0. The first-order valence-electron chi connectivity index (χ1n) is 18.6. The monoisotopic (exact) mass is 680 g/mol. The van der Waals surface area contributed by atoms with Crippen LogP contribution in [0, 0.1) is 5.41 Å². The van der Waals surface area contributed by atoms with E-state index in [0.717, 1.165) is 47.5 Å². The number of benzene rings is 5. The SMILES string of the molecule is Bc1ccc(N2/C(c3ccccc3S)=C\C3=C(C4(C)CCCCC4(C)N)CCC=C3c3cc(-c4ccccc4)cc2c3B)c(-c2ccccc2)c1. The fourth-order valence-corrected chi connectivity index (χ4v) is 9.25. The van der Waals surface area contributed by atoms with Gasteiger partial charge >= 0.3 is 0 Å². The van der Waals surface area contributed by atoms with Gasteiger partial charge in [0.25, 0.3) is 0 Å². The van der Waals surface area contributed by atoms with Gasteiger partial charge in [-0.05, 0) is 96.3 Å². The maximum Gasteiger partial charge on any atom is 0.142 e. The van der Waals surface area contributed by atoms with Crippen molar-refractivity contribution in [1.82, 2.24) is 0 Å². The number of nitrogens with two attached hydrogens (primary N) is 1. The summed E-state index contributed by atoms with van der Waals surface area (Å²) >= 11 is 5.15. The van der Waals surface area contributed by atoms with Crippen LogP contribution in [-0.2, 0) is 0 Å². The average molecular weight is 681 g/mol. The number of rotatable bonds is 5. The highest BCUT2D eigenvalue weighted by Gasteiger charge is 2.47. The van der Waals surface area contributed by atoms with Gasteiger partial charge in [0, 0.05) is 32.7 Å². The fourth-order valence-electron chi connectivity index (χ4n) is 8.97. The molecule has 252 valence electrons. The molecular formula is C46H46B2N2S. The maximum absolute atomic E-state index is 7.36. The number of nitrogens with zero attached hydrogens (tertiary/aromatic N) is 1. The van der Waals surface area contributed by atoms with Crippen LogP contribution >= 0.6 is 12.6 Å². The lowest BCUT2D eigenvalue weighted by Gasteiger charge is -2.51. The zero-order valence-corrected chi connectivity index (χ0v) is 31.2. The number of anilines is 2. The first kappa shape index (κ1) is 33.7. The molecule has 2 unspecified atom stereocenters. The summed E-state index contributed by atoms with van der Waals surface area (Å²) in [6, 6.07) is 42.0. The molecule has 2 nitrogen and oxygen atoms in total. The summed E-state index contributed by atoms with van der Waals surface area (Å²) in [6.45, 7) is 4.76. The van der Waals surface area contributed by atoms with Crippen molar-refractivity contribution in [2.24, 2.45) is 11.1 Å². The molecule has 51 heavy (non-hydrogen) atoms. The Bertz CT molecular complexity index is 2230. The number of thiol groups is 1. The molecule has 0 saturated heterocycles. The molecule has 1 aliphatic heterocycles. The largest absolute Gasteiger partial charge is 0.325 e. The summed E-state index contributed by atoms with van der Waals surface area (Å²) in [6.07, 6.45) is 11.6. The number of allylic oxidation sites excluding steroid dienone is 4. The van der Waals surface area contributed by atoms with Crippen LogP contribution in [-0.4, -0.2) is 21.2 Å². The van der Waals surface area contributed by atoms with Crippen LogP contribution in [0.1, 0.15) is 63.5 Å². The Morgan fingerprint density at radius 1 is 0.686 bits per heavy atom. The molecule has 5 heteroatoms. The second-order valence-corrected chi connectivity index (χ2v) is 15.8. The van der Waals surface area contributed by atoms with Crippen molar-refractivity contribution in [3.05, 3.63) is 150 Å². The summed E-state index contributed by atoms with van der Waals surface area (Å²) in [7, 11) is 4.51. The third-order valence-corrected chi connectivity index (χ3v) is 12.5. The molecule has 2 bridgehead atoms. The van der Waals surface area contributed by atoms with Crippen LogP contribution < -0.4 is 21.6 Å². The van der Waals surface area contributed by atoms with Crippen LogP contribution in [0.3, 0.4) is 0 Å². The van der Waals surface area contributed by atoms with Gasteiger partial charge in [-0.2, -0.15) is 0 Å². The molecule has 0 radical (unpaired) electrons. The Hall–Kier alpha value is -4.44. The van der Waals surface area contributed by atoms with Gasteiger partial charge in [-0.3, -0.25) is 0 Å². The molecule has 0 spiro atoms. The summed E-state index contributed by atoms with van der Waals surface area (Å²) in [5.41, 5.74) is 24.3. The molecule has 0 aromatic heterocycles. The molecule has 2 aliphatic carbocycles. The Kier molecular flexibility index (Phi) is 8.77. The lowest BCUT2D eigenvalue weighted by molar-refractivity contribution is 0.129. The summed E-state index contributed by atoms with van der Waals surface area (Å²) in [5.74, 6) is 0. The van der Waals surface area contributed by atoms with E-state index in [0.29, 0.717) is 0 Å².